The fraction of sp³-hybridized carbons (Fsp3) is 0.0800. The third-order valence-electron chi connectivity index (χ3n) is 4.67. The first-order valence-electron chi connectivity index (χ1n) is 9.84. The molecule has 0 aliphatic rings. The molecule has 0 unspecified atom stereocenters. The van der Waals surface area contributed by atoms with Crippen LogP contribution in [-0.2, 0) is 4.79 Å². The number of nitrogens with one attached hydrogen (secondary N) is 1. The van der Waals surface area contributed by atoms with Gasteiger partial charge in [-0.3, -0.25) is 14.9 Å². The topological polar surface area (TPSA) is 122 Å². The van der Waals surface area contributed by atoms with E-state index in [9.17, 15) is 25.0 Å². The van der Waals surface area contributed by atoms with Gasteiger partial charge in [-0.1, -0.05) is 42.0 Å². The first kappa shape index (κ1) is 22.9. The molecular formula is C25H19N3O5. The Balaban J connectivity index is 1.87. The Bertz CT molecular complexity index is 1300. The summed E-state index contributed by atoms with van der Waals surface area (Å²) >= 11 is 0. The average molecular weight is 441 g/mol. The fourth-order valence-corrected chi connectivity index (χ4v) is 2.93. The van der Waals surface area contributed by atoms with Gasteiger partial charge in [-0.15, -0.1) is 0 Å². The van der Waals surface area contributed by atoms with Crippen LogP contribution in [0.15, 0.2) is 72.3 Å². The summed E-state index contributed by atoms with van der Waals surface area (Å²) in [6, 6.07) is 19.4. The van der Waals surface area contributed by atoms with Crippen LogP contribution >= 0.6 is 0 Å². The summed E-state index contributed by atoms with van der Waals surface area (Å²) in [5.74, 6) is -1.26. The number of nitriles is 1. The molecule has 3 rings (SSSR count). The van der Waals surface area contributed by atoms with Crippen LogP contribution in [0.25, 0.3) is 6.08 Å². The van der Waals surface area contributed by atoms with E-state index in [2.05, 4.69) is 5.32 Å². The Hall–Kier alpha value is -4.77. The maximum Gasteiger partial charge on any atom is 0.343 e. The van der Waals surface area contributed by atoms with Crippen molar-refractivity contribution >= 4 is 29.3 Å². The Labute approximate surface area is 189 Å². The van der Waals surface area contributed by atoms with E-state index in [-0.39, 0.29) is 22.7 Å². The van der Waals surface area contributed by atoms with Gasteiger partial charge in [0.05, 0.1) is 10.5 Å². The smallest absolute Gasteiger partial charge is 0.343 e. The molecule has 8 nitrogen and oxygen atoms in total. The third kappa shape index (κ3) is 5.68. The van der Waals surface area contributed by atoms with Crippen LogP contribution < -0.4 is 10.1 Å². The Morgan fingerprint density at radius 3 is 2.36 bits per heavy atom. The average Bonchev–Trinajstić information content (AvgIpc) is 2.79. The number of carbonyl (C=O) groups is 2. The zero-order valence-corrected chi connectivity index (χ0v) is 17.9. The van der Waals surface area contributed by atoms with E-state index in [0.717, 1.165) is 5.56 Å². The van der Waals surface area contributed by atoms with Crippen molar-refractivity contribution in [2.24, 2.45) is 0 Å². The SMILES string of the molecule is Cc1ccc(C(=O)Oc2ccccc2/C=C(\C#N)C(=O)Nc2ccc(C)cc2[N+](=O)[O-])cc1. The second-order valence-electron chi connectivity index (χ2n) is 7.20. The van der Waals surface area contributed by atoms with Gasteiger partial charge in [-0.2, -0.15) is 5.26 Å². The van der Waals surface area contributed by atoms with Gasteiger partial charge in [0, 0.05) is 11.6 Å². The molecule has 33 heavy (non-hydrogen) atoms. The monoisotopic (exact) mass is 441 g/mol. The second kappa shape index (κ2) is 10.0. The number of benzene rings is 3. The lowest BCUT2D eigenvalue weighted by Gasteiger charge is -2.09. The summed E-state index contributed by atoms with van der Waals surface area (Å²) in [6.45, 7) is 3.59. The van der Waals surface area contributed by atoms with Crippen LogP contribution in [0.4, 0.5) is 11.4 Å². The number of hydrogen-bond acceptors (Lipinski definition) is 6. The highest BCUT2D eigenvalue weighted by molar-refractivity contribution is 6.10. The summed E-state index contributed by atoms with van der Waals surface area (Å²) in [6.07, 6.45) is 1.26. The molecule has 0 aliphatic heterocycles. The van der Waals surface area contributed by atoms with Gasteiger partial charge in [-0.05, 0) is 49.8 Å². The van der Waals surface area contributed by atoms with Crippen LogP contribution in [0.1, 0.15) is 27.0 Å². The molecule has 8 heteroatoms. The van der Waals surface area contributed by atoms with Crippen molar-refractivity contribution in [1.82, 2.24) is 0 Å². The van der Waals surface area contributed by atoms with Gasteiger partial charge in [0.1, 0.15) is 23.1 Å². The lowest BCUT2D eigenvalue weighted by atomic mass is 10.1. The van der Waals surface area contributed by atoms with Gasteiger partial charge in [0.25, 0.3) is 11.6 Å². The number of rotatable bonds is 6. The molecular weight excluding hydrogens is 422 g/mol. The van der Waals surface area contributed by atoms with E-state index in [0.29, 0.717) is 16.7 Å². The number of nitro benzene ring substituents is 1. The number of carbonyl (C=O) groups excluding carboxylic acids is 2. The second-order valence-corrected chi connectivity index (χ2v) is 7.20. The largest absolute Gasteiger partial charge is 0.422 e. The minimum Gasteiger partial charge on any atom is -0.422 e. The van der Waals surface area contributed by atoms with Gasteiger partial charge in [-0.25, -0.2) is 4.79 Å². The van der Waals surface area contributed by atoms with E-state index in [1.165, 1.54) is 24.3 Å². The molecule has 1 N–H and O–H groups in total. The predicted octanol–water partition coefficient (Wildman–Crippen LogP) is 4.98. The molecule has 0 atom stereocenters. The van der Waals surface area contributed by atoms with Crippen LogP contribution in [0, 0.1) is 35.3 Å². The summed E-state index contributed by atoms with van der Waals surface area (Å²) in [4.78, 5) is 35.8. The number of amides is 1. The van der Waals surface area contributed by atoms with Crippen molar-refractivity contribution in [3.63, 3.8) is 0 Å². The van der Waals surface area contributed by atoms with E-state index in [1.807, 2.05) is 6.92 Å². The zero-order valence-electron chi connectivity index (χ0n) is 17.9. The summed E-state index contributed by atoms with van der Waals surface area (Å²) in [7, 11) is 0. The number of nitro groups is 1. The molecule has 3 aromatic rings. The zero-order chi connectivity index (χ0) is 24.0. The highest BCUT2D eigenvalue weighted by atomic mass is 16.6. The van der Waals surface area contributed by atoms with Gasteiger partial charge in [0.2, 0.25) is 0 Å². The standard InChI is InChI=1S/C25H19N3O5/c1-16-7-10-18(11-8-16)25(30)33-23-6-4-3-5-19(23)14-20(15-26)24(29)27-21-12-9-17(2)13-22(21)28(31)32/h3-14H,1-2H3,(H,27,29)/b20-14+. The van der Waals surface area contributed by atoms with Crippen LogP contribution in [-0.4, -0.2) is 16.8 Å². The maximum absolute atomic E-state index is 12.7. The van der Waals surface area contributed by atoms with Gasteiger partial charge < -0.3 is 10.1 Å². The van der Waals surface area contributed by atoms with Crippen molar-refractivity contribution in [3.05, 3.63) is 105 Å². The highest BCUT2D eigenvalue weighted by Gasteiger charge is 2.19. The lowest BCUT2D eigenvalue weighted by molar-refractivity contribution is -0.384. The predicted molar refractivity (Wildman–Crippen MR) is 123 cm³/mol. The Morgan fingerprint density at radius 2 is 1.70 bits per heavy atom. The molecule has 0 aromatic heterocycles. The van der Waals surface area contributed by atoms with Gasteiger partial charge in [0.15, 0.2) is 0 Å². The number of aryl methyl sites for hydroxylation is 2. The normalized spacial score (nSPS) is 10.8. The van der Waals surface area contributed by atoms with Crippen LogP contribution in [0.2, 0.25) is 0 Å². The van der Waals surface area contributed by atoms with E-state index in [1.54, 1.807) is 61.5 Å². The highest BCUT2D eigenvalue weighted by Crippen LogP contribution is 2.27. The number of esters is 1. The summed E-state index contributed by atoms with van der Waals surface area (Å²) in [5, 5.41) is 23.2. The number of hydrogen-bond donors (Lipinski definition) is 1. The van der Waals surface area contributed by atoms with Crippen LogP contribution in [0.5, 0.6) is 5.75 Å². The van der Waals surface area contributed by atoms with E-state index >= 15 is 0 Å². The number of anilines is 1. The molecule has 0 fully saturated rings. The first-order chi connectivity index (χ1) is 15.8. The number of para-hydroxylation sites is 1. The van der Waals surface area contributed by atoms with Crippen molar-refractivity contribution in [3.8, 4) is 11.8 Å². The molecule has 1 amide bonds. The minimum absolute atomic E-state index is 0.0316. The molecule has 0 saturated heterocycles. The molecule has 0 aliphatic carbocycles. The molecule has 0 heterocycles. The lowest BCUT2D eigenvalue weighted by Crippen LogP contribution is -2.15. The first-order valence-corrected chi connectivity index (χ1v) is 9.84. The Kier molecular flexibility index (Phi) is 6.96. The molecule has 0 bridgehead atoms. The molecule has 164 valence electrons. The van der Waals surface area contributed by atoms with Crippen molar-refractivity contribution in [2.75, 3.05) is 5.32 Å². The Morgan fingerprint density at radius 1 is 1.03 bits per heavy atom. The number of nitrogens with zero attached hydrogens (tertiary/aromatic N) is 2. The fourth-order valence-electron chi connectivity index (χ4n) is 2.93. The van der Waals surface area contributed by atoms with Crippen molar-refractivity contribution in [2.45, 2.75) is 13.8 Å². The van der Waals surface area contributed by atoms with E-state index < -0.39 is 16.8 Å². The summed E-state index contributed by atoms with van der Waals surface area (Å²) < 4.78 is 5.46. The van der Waals surface area contributed by atoms with Crippen LogP contribution in [0.3, 0.4) is 0 Å². The molecule has 0 spiro atoms. The molecule has 0 radical (unpaired) electrons. The van der Waals surface area contributed by atoms with Crippen molar-refractivity contribution < 1.29 is 19.2 Å². The summed E-state index contributed by atoms with van der Waals surface area (Å²) in [5.41, 5.74) is 1.69. The third-order valence-corrected chi connectivity index (χ3v) is 4.67. The van der Waals surface area contributed by atoms with E-state index in [4.69, 9.17) is 4.74 Å². The molecule has 3 aromatic carbocycles. The quantitative estimate of drug-likeness (QED) is 0.144. The van der Waals surface area contributed by atoms with Crippen molar-refractivity contribution in [1.29, 1.82) is 5.26 Å². The molecule has 0 saturated carbocycles. The number of ether oxygens (including phenoxy) is 1. The van der Waals surface area contributed by atoms with Gasteiger partial charge >= 0.3 is 5.97 Å². The minimum atomic E-state index is -0.830. The maximum atomic E-state index is 12.7.